The molecule has 6 nitrogen and oxygen atoms in total. The highest BCUT2D eigenvalue weighted by Crippen LogP contribution is 2.32. The zero-order valence-electron chi connectivity index (χ0n) is 11.7. The predicted molar refractivity (Wildman–Crippen MR) is 81.6 cm³/mol. The highest BCUT2D eigenvalue weighted by Gasteiger charge is 2.24. The summed E-state index contributed by atoms with van der Waals surface area (Å²) in [4.78, 5) is 18.7. The van der Waals surface area contributed by atoms with Gasteiger partial charge in [-0.15, -0.1) is 0 Å². The van der Waals surface area contributed by atoms with Crippen molar-refractivity contribution in [2.45, 2.75) is 26.3 Å². The summed E-state index contributed by atoms with van der Waals surface area (Å²) in [5.41, 5.74) is 0.705. The normalized spacial score (nSPS) is 12.0. The van der Waals surface area contributed by atoms with E-state index < -0.39 is 4.92 Å². The van der Waals surface area contributed by atoms with Crippen LogP contribution in [0, 0.1) is 10.1 Å². The van der Waals surface area contributed by atoms with Crippen LogP contribution in [0.4, 0.5) is 11.5 Å². The van der Waals surface area contributed by atoms with Gasteiger partial charge in [-0.25, -0.2) is 9.97 Å². The second-order valence-corrected chi connectivity index (χ2v) is 4.87. The van der Waals surface area contributed by atoms with E-state index in [-0.39, 0.29) is 22.7 Å². The number of aromatic nitrogens is 2. The summed E-state index contributed by atoms with van der Waals surface area (Å²) in [7, 11) is 0. The fourth-order valence-electron chi connectivity index (χ4n) is 1.92. The van der Waals surface area contributed by atoms with Crippen LogP contribution in [0.25, 0.3) is 0 Å². The predicted octanol–water partition coefficient (Wildman–Crippen LogP) is 3.77. The Bertz CT molecular complexity index is 649. The van der Waals surface area contributed by atoms with Crippen molar-refractivity contribution in [1.29, 1.82) is 0 Å². The number of anilines is 1. The highest BCUT2D eigenvalue weighted by molar-refractivity contribution is 6.31. The molecule has 0 amide bonds. The molecule has 21 heavy (non-hydrogen) atoms. The molecule has 0 bridgehead atoms. The minimum Gasteiger partial charge on any atom is -0.358 e. The highest BCUT2D eigenvalue weighted by atomic mass is 35.5. The summed E-state index contributed by atoms with van der Waals surface area (Å²) in [5.74, 6) is 0.613. The maximum Gasteiger partial charge on any atom is 0.348 e. The van der Waals surface area contributed by atoms with Gasteiger partial charge in [0.25, 0.3) is 0 Å². The van der Waals surface area contributed by atoms with Gasteiger partial charge in [-0.05, 0) is 12.5 Å². The van der Waals surface area contributed by atoms with E-state index in [9.17, 15) is 10.1 Å². The molecule has 0 fully saturated rings. The molecule has 0 saturated heterocycles. The van der Waals surface area contributed by atoms with Crippen molar-refractivity contribution in [3.05, 3.63) is 57.0 Å². The quantitative estimate of drug-likeness (QED) is 0.516. The van der Waals surface area contributed by atoms with Gasteiger partial charge in [0.2, 0.25) is 11.0 Å². The molecule has 1 N–H and O–H groups in total. The number of aryl methyl sites for hydroxylation is 1. The summed E-state index contributed by atoms with van der Waals surface area (Å²) in [5, 5.41) is 14.1. The first-order valence-corrected chi connectivity index (χ1v) is 6.93. The van der Waals surface area contributed by atoms with Crippen molar-refractivity contribution in [2.75, 3.05) is 5.32 Å². The van der Waals surface area contributed by atoms with Crippen molar-refractivity contribution in [2.24, 2.45) is 0 Å². The minimum absolute atomic E-state index is 0.138. The minimum atomic E-state index is -0.568. The Balaban J connectivity index is 2.38. The van der Waals surface area contributed by atoms with Crippen molar-refractivity contribution >= 4 is 23.1 Å². The van der Waals surface area contributed by atoms with E-state index in [4.69, 9.17) is 11.6 Å². The fourth-order valence-corrected chi connectivity index (χ4v) is 2.18. The lowest BCUT2D eigenvalue weighted by molar-refractivity contribution is -0.384. The van der Waals surface area contributed by atoms with E-state index in [1.54, 1.807) is 0 Å². The van der Waals surface area contributed by atoms with Gasteiger partial charge in [0.05, 0.1) is 11.0 Å². The number of rotatable bonds is 5. The van der Waals surface area contributed by atoms with E-state index in [2.05, 4.69) is 15.3 Å². The van der Waals surface area contributed by atoms with Crippen molar-refractivity contribution in [3.63, 3.8) is 0 Å². The molecule has 0 aliphatic rings. The maximum absolute atomic E-state index is 11.2. The standard InChI is InChI=1S/C14H15ClN4O2/c1-3-11-17-13(15)12(19(20)21)14(18-11)16-9(2)10-7-5-4-6-8-10/h4-9H,3H2,1-2H3,(H,16,17,18). The second-order valence-electron chi connectivity index (χ2n) is 4.52. The molecule has 1 atom stereocenters. The zero-order valence-corrected chi connectivity index (χ0v) is 12.5. The molecule has 0 aliphatic carbocycles. The van der Waals surface area contributed by atoms with Crippen LogP contribution >= 0.6 is 11.6 Å². The molecule has 0 radical (unpaired) electrons. The zero-order chi connectivity index (χ0) is 15.4. The van der Waals surface area contributed by atoms with Crippen LogP contribution in [0.3, 0.4) is 0 Å². The van der Waals surface area contributed by atoms with Crippen LogP contribution in [0.2, 0.25) is 5.15 Å². The van der Waals surface area contributed by atoms with Gasteiger partial charge >= 0.3 is 5.69 Å². The summed E-state index contributed by atoms with van der Waals surface area (Å²) >= 11 is 5.90. The van der Waals surface area contributed by atoms with E-state index in [0.29, 0.717) is 12.2 Å². The molecule has 0 aliphatic heterocycles. The van der Waals surface area contributed by atoms with E-state index in [0.717, 1.165) is 5.56 Å². The summed E-state index contributed by atoms with van der Waals surface area (Å²) < 4.78 is 0. The second kappa shape index (κ2) is 6.49. The van der Waals surface area contributed by atoms with Crippen LogP contribution < -0.4 is 5.32 Å². The van der Waals surface area contributed by atoms with Crippen LogP contribution in [0.5, 0.6) is 0 Å². The van der Waals surface area contributed by atoms with Crippen LogP contribution in [-0.4, -0.2) is 14.9 Å². The third-order valence-corrected chi connectivity index (χ3v) is 3.30. The Morgan fingerprint density at radius 3 is 2.57 bits per heavy atom. The van der Waals surface area contributed by atoms with Gasteiger partial charge in [-0.1, -0.05) is 48.9 Å². The Hall–Kier alpha value is -2.21. The van der Waals surface area contributed by atoms with Crippen molar-refractivity contribution in [1.82, 2.24) is 9.97 Å². The van der Waals surface area contributed by atoms with Gasteiger partial charge in [0, 0.05) is 6.42 Å². The Labute approximate surface area is 127 Å². The third-order valence-electron chi connectivity index (χ3n) is 3.04. The van der Waals surface area contributed by atoms with Crippen LogP contribution in [0.15, 0.2) is 30.3 Å². The number of nitrogens with zero attached hydrogens (tertiary/aromatic N) is 3. The van der Waals surface area contributed by atoms with E-state index in [1.807, 2.05) is 44.2 Å². The molecule has 1 unspecified atom stereocenters. The monoisotopic (exact) mass is 306 g/mol. The number of nitro groups is 1. The molecule has 0 saturated carbocycles. The Morgan fingerprint density at radius 2 is 2.00 bits per heavy atom. The van der Waals surface area contributed by atoms with Crippen molar-refractivity contribution < 1.29 is 4.92 Å². The summed E-state index contributed by atoms with van der Waals surface area (Å²) in [6.45, 7) is 3.77. The lowest BCUT2D eigenvalue weighted by atomic mass is 10.1. The largest absolute Gasteiger partial charge is 0.358 e. The van der Waals surface area contributed by atoms with Gasteiger partial charge in [-0.3, -0.25) is 10.1 Å². The van der Waals surface area contributed by atoms with Crippen LogP contribution in [-0.2, 0) is 6.42 Å². The maximum atomic E-state index is 11.2. The lowest BCUT2D eigenvalue weighted by Gasteiger charge is -2.15. The molecule has 1 heterocycles. The molecule has 1 aromatic carbocycles. The number of benzene rings is 1. The molecular weight excluding hydrogens is 292 g/mol. The molecule has 2 rings (SSSR count). The SMILES string of the molecule is CCc1nc(Cl)c([N+](=O)[O-])c(NC(C)c2ccccc2)n1. The molecule has 1 aromatic heterocycles. The van der Waals surface area contributed by atoms with E-state index in [1.165, 1.54) is 0 Å². The first kappa shape index (κ1) is 15.2. The number of hydrogen-bond acceptors (Lipinski definition) is 5. The van der Waals surface area contributed by atoms with Gasteiger partial charge < -0.3 is 5.32 Å². The average Bonchev–Trinajstić information content (AvgIpc) is 2.47. The summed E-state index contributed by atoms with van der Waals surface area (Å²) in [6.07, 6.45) is 0.548. The van der Waals surface area contributed by atoms with Gasteiger partial charge in [0.15, 0.2) is 0 Å². The number of halogens is 1. The van der Waals surface area contributed by atoms with Gasteiger partial charge in [0.1, 0.15) is 5.82 Å². The molecule has 7 heteroatoms. The van der Waals surface area contributed by atoms with Crippen molar-refractivity contribution in [3.8, 4) is 0 Å². The Morgan fingerprint density at radius 1 is 1.33 bits per heavy atom. The number of nitrogens with one attached hydrogen (secondary N) is 1. The smallest absolute Gasteiger partial charge is 0.348 e. The Kier molecular flexibility index (Phi) is 4.70. The molecular formula is C14H15ClN4O2. The first-order chi connectivity index (χ1) is 10.0. The topological polar surface area (TPSA) is 81.0 Å². The number of hydrogen-bond donors (Lipinski definition) is 1. The summed E-state index contributed by atoms with van der Waals surface area (Å²) in [6, 6.07) is 9.47. The fraction of sp³-hybridized carbons (Fsp3) is 0.286. The molecule has 0 spiro atoms. The molecule has 110 valence electrons. The first-order valence-electron chi connectivity index (χ1n) is 6.55. The van der Waals surface area contributed by atoms with Crippen LogP contribution in [0.1, 0.15) is 31.3 Å². The molecule has 2 aromatic rings. The van der Waals surface area contributed by atoms with E-state index >= 15 is 0 Å². The lowest BCUT2D eigenvalue weighted by Crippen LogP contribution is -2.12. The van der Waals surface area contributed by atoms with Gasteiger partial charge in [-0.2, -0.15) is 0 Å². The average molecular weight is 307 g/mol. The third kappa shape index (κ3) is 3.46.